The van der Waals surface area contributed by atoms with Crippen molar-refractivity contribution in [3.8, 4) is 5.69 Å². The molecule has 2 fully saturated rings. The first-order valence-electron chi connectivity index (χ1n) is 10.2. The Morgan fingerprint density at radius 1 is 0.871 bits per heavy atom. The molecule has 31 heavy (non-hydrogen) atoms. The largest absolute Gasteiger partial charge is 0.378 e. The lowest BCUT2D eigenvalue weighted by atomic mass is 10.1. The molecule has 4 amide bonds. The van der Waals surface area contributed by atoms with Crippen molar-refractivity contribution in [2.75, 3.05) is 45.3 Å². The highest BCUT2D eigenvalue weighted by molar-refractivity contribution is 6.30. The molecule has 1 aromatic heterocycles. The van der Waals surface area contributed by atoms with Crippen LogP contribution >= 0.6 is 0 Å². The molecule has 0 aliphatic carbocycles. The summed E-state index contributed by atoms with van der Waals surface area (Å²) in [5, 5.41) is 0. The van der Waals surface area contributed by atoms with Crippen molar-refractivity contribution < 1.29 is 19.1 Å². The summed E-state index contributed by atoms with van der Waals surface area (Å²) < 4.78 is 7.51. The highest BCUT2D eigenvalue weighted by Gasteiger charge is 2.38. The van der Waals surface area contributed by atoms with E-state index < -0.39 is 17.8 Å². The maximum Gasteiger partial charge on any atom is 0.333 e. The van der Waals surface area contributed by atoms with Crippen LogP contribution in [0.2, 0.25) is 0 Å². The average Bonchev–Trinajstić information content (AvgIpc) is 3.07. The van der Waals surface area contributed by atoms with Crippen molar-refractivity contribution in [3.05, 3.63) is 52.9 Å². The Labute approximate surface area is 181 Å². The number of rotatable bonds is 3. The Kier molecular flexibility index (Phi) is 5.41. The van der Waals surface area contributed by atoms with Gasteiger partial charge in [-0.15, -0.1) is 0 Å². The van der Waals surface area contributed by atoms with Gasteiger partial charge in [-0.3, -0.25) is 19.4 Å². The molecule has 0 radical (unpaired) electrons. The number of morpholine rings is 1. The molecule has 0 atom stereocenters. The maximum atomic E-state index is 12.5. The first-order chi connectivity index (χ1) is 14.8. The first kappa shape index (κ1) is 20.9. The lowest BCUT2D eigenvalue weighted by Crippen LogP contribution is -2.52. The van der Waals surface area contributed by atoms with Gasteiger partial charge in [0.25, 0.3) is 11.8 Å². The second-order valence-electron chi connectivity index (χ2n) is 7.85. The van der Waals surface area contributed by atoms with E-state index in [1.807, 2.05) is 19.9 Å². The minimum absolute atomic E-state index is 0.0208. The number of amides is 4. The molecule has 3 heterocycles. The van der Waals surface area contributed by atoms with Gasteiger partial charge in [0, 0.05) is 49.9 Å². The van der Waals surface area contributed by atoms with Crippen molar-refractivity contribution in [3.63, 3.8) is 0 Å². The van der Waals surface area contributed by atoms with Crippen LogP contribution < -0.4 is 4.90 Å². The van der Waals surface area contributed by atoms with Crippen LogP contribution in [-0.2, 0) is 14.3 Å². The van der Waals surface area contributed by atoms with Crippen molar-refractivity contribution >= 4 is 29.6 Å². The van der Waals surface area contributed by atoms with Gasteiger partial charge in [-0.2, -0.15) is 0 Å². The fourth-order valence-corrected chi connectivity index (χ4v) is 4.10. The number of nitrogens with zero attached hydrogens (tertiary/aromatic N) is 4. The second kappa shape index (κ2) is 8.03. The fraction of sp³-hybridized carbons (Fsp3) is 0.348. The predicted molar refractivity (Wildman–Crippen MR) is 117 cm³/mol. The SMILES string of the molecule is Cc1cc(C=C2C(=O)N(C)C(=O)N(C)C2=O)c(C)n1-c1ccc(N2CCOCC2)cc1. The van der Waals surface area contributed by atoms with Crippen LogP contribution in [0.15, 0.2) is 35.9 Å². The molecule has 8 nitrogen and oxygen atoms in total. The number of hydrogen-bond acceptors (Lipinski definition) is 5. The van der Waals surface area contributed by atoms with Gasteiger partial charge in [0.2, 0.25) is 0 Å². The summed E-state index contributed by atoms with van der Waals surface area (Å²) in [4.78, 5) is 41.2. The van der Waals surface area contributed by atoms with E-state index in [-0.39, 0.29) is 5.57 Å². The van der Waals surface area contributed by atoms with Gasteiger partial charge in [-0.1, -0.05) is 0 Å². The molecule has 0 unspecified atom stereocenters. The minimum atomic E-state index is -0.627. The topological polar surface area (TPSA) is 75.1 Å². The molecule has 0 saturated carbocycles. The van der Waals surface area contributed by atoms with E-state index in [1.165, 1.54) is 14.1 Å². The van der Waals surface area contributed by atoms with E-state index >= 15 is 0 Å². The highest BCUT2D eigenvalue weighted by Crippen LogP contribution is 2.26. The molecule has 1 aromatic carbocycles. The second-order valence-corrected chi connectivity index (χ2v) is 7.85. The van der Waals surface area contributed by atoms with Gasteiger partial charge in [0.05, 0.1) is 13.2 Å². The number of carbonyl (C=O) groups excluding carboxylic acids is 3. The molecule has 0 bridgehead atoms. The van der Waals surface area contributed by atoms with Crippen LogP contribution in [0.1, 0.15) is 17.0 Å². The zero-order chi connectivity index (χ0) is 22.3. The van der Waals surface area contributed by atoms with Gasteiger partial charge < -0.3 is 14.2 Å². The first-order valence-corrected chi connectivity index (χ1v) is 10.2. The molecular formula is C23H26N4O4. The van der Waals surface area contributed by atoms with Crippen LogP contribution in [0.25, 0.3) is 11.8 Å². The number of aryl methyl sites for hydroxylation is 1. The Morgan fingerprint density at radius 2 is 1.42 bits per heavy atom. The van der Waals surface area contributed by atoms with Crippen LogP contribution in [-0.4, -0.2) is 72.6 Å². The molecule has 8 heteroatoms. The molecule has 4 rings (SSSR count). The summed E-state index contributed by atoms with van der Waals surface area (Å²) in [5.41, 5.74) is 4.80. The lowest BCUT2D eigenvalue weighted by Gasteiger charge is -2.29. The van der Waals surface area contributed by atoms with Gasteiger partial charge in [-0.05, 0) is 55.8 Å². The Morgan fingerprint density at radius 3 is 2.00 bits per heavy atom. The number of likely N-dealkylation sites (N-methyl/N-ethyl adjacent to an activating group) is 2. The smallest absolute Gasteiger partial charge is 0.333 e. The number of barbiturate groups is 1. The monoisotopic (exact) mass is 422 g/mol. The molecule has 2 aliphatic rings. The summed E-state index contributed by atoms with van der Waals surface area (Å²) in [6.07, 6.45) is 1.57. The zero-order valence-corrected chi connectivity index (χ0v) is 18.2. The van der Waals surface area contributed by atoms with Crippen LogP contribution in [0.4, 0.5) is 10.5 Å². The van der Waals surface area contributed by atoms with Crippen LogP contribution in [0.3, 0.4) is 0 Å². The van der Waals surface area contributed by atoms with Gasteiger partial charge >= 0.3 is 6.03 Å². The molecule has 0 N–H and O–H groups in total. The number of anilines is 1. The number of urea groups is 1. The molecule has 0 spiro atoms. The number of aromatic nitrogens is 1. The summed E-state index contributed by atoms with van der Waals surface area (Å²) in [6, 6.07) is 9.65. The molecule has 2 aliphatic heterocycles. The maximum absolute atomic E-state index is 12.5. The van der Waals surface area contributed by atoms with E-state index in [9.17, 15) is 14.4 Å². The highest BCUT2D eigenvalue weighted by atomic mass is 16.5. The van der Waals surface area contributed by atoms with Gasteiger partial charge in [0.15, 0.2) is 0 Å². The number of ether oxygens (including phenoxy) is 1. The van der Waals surface area contributed by atoms with Crippen molar-refractivity contribution in [2.45, 2.75) is 13.8 Å². The summed E-state index contributed by atoms with van der Waals surface area (Å²) in [7, 11) is 2.75. The van der Waals surface area contributed by atoms with Gasteiger partial charge in [-0.25, -0.2) is 4.79 Å². The Hall–Kier alpha value is -3.39. The Balaban J connectivity index is 1.66. The third kappa shape index (κ3) is 3.63. The average molecular weight is 422 g/mol. The number of benzene rings is 1. The molecular weight excluding hydrogens is 396 g/mol. The van der Waals surface area contributed by atoms with Crippen LogP contribution in [0.5, 0.6) is 0 Å². The third-order valence-corrected chi connectivity index (χ3v) is 5.90. The molecule has 2 aromatic rings. The van der Waals surface area contributed by atoms with E-state index in [2.05, 4.69) is 33.7 Å². The molecule has 162 valence electrons. The lowest BCUT2D eigenvalue weighted by molar-refractivity contribution is -0.134. The third-order valence-electron chi connectivity index (χ3n) is 5.90. The summed E-state index contributed by atoms with van der Waals surface area (Å²) in [6.45, 7) is 7.17. The van der Waals surface area contributed by atoms with Gasteiger partial charge in [0.1, 0.15) is 5.57 Å². The standard InChI is InChI=1S/C23H26N4O4/c1-15-13-17(14-20-21(28)24(3)23(30)25(4)22(20)29)16(2)27(15)19-7-5-18(6-8-19)26-9-11-31-12-10-26/h5-8,13-14H,9-12H2,1-4H3. The van der Waals surface area contributed by atoms with E-state index in [0.29, 0.717) is 0 Å². The summed E-state index contributed by atoms with van der Waals surface area (Å²) in [5.74, 6) is -1.18. The predicted octanol–water partition coefficient (Wildman–Crippen LogP) is 2.36. The zero-order valence-electron chi connectivity index (χ0n) is 18.2. The normalized spacial score (nSPS) is 17.6. The number of carbonyl (C=O) groups is 3. The minimum Gasteiger partial charge on any atom is -0.378 e. The number of imide groups is 2. The summed E-state index contributed by atoms with van der Waals surface area (Å²) >= 11 is 0. The van der Waals surface area contributed by atoms with Crippen molar-refractivity contribution in [1.82, 2.24) is 14.4 Å². The Bertz CT molecular complexity index is 1050. The van der Waals surface area contributed by atoms with E-state index in [0.717, 1.165) is 64.4 Å². The number of hydrogen-bond donors (Lipinski definition) is 0. The van der Waals surface area contributed by atoms with Crippen molar-refractivity contribution in [2.24, 2.45) is 0 Å². The quantitative estimate of drug-likeness (QED) is 0.561. The molecule has 2 saturated heterocycles. The van der Waals surface area contributed by atoms with Crippen molar-refractivity contribution in [1.29, 1.82) is 0 Å². The fourth-order valence-electron chi connectivity index (χ4n) is 4.10. The van der Waals surface area contributed by atoms with E-state index in [4.69, 9.17) is 4.74 Å². The van der Waals surface area contributed by atoms with Crippen LogP contribution in [0, 0.1) is 13.8 Å². The van der Waals surface area contributed by atoms with E-state index in [1.54, 1.807) is 6.08 Å².